The molecule has 0 aromatic carbocycles. The number of nitrogens with zero attached hydrogens (tertiary/aromatic N) is 4. The van der Waals surface area contributed by atoms with Gasteiger partial charge in [-0.2, -0.15) is 5.26 Å². The van der Waals surface area contributed by atoms with E-state index in [9.17, 15) is 0 Å². The van der Waals surface area contributed by atoms with Crippen molar-refractivity contribution in [3.05, 3.63) is 23.9 Å². The number of likely N-dealkylation sites (tertiary alicyclic amines) is 1. The van der Waals surface area contributed by atoms with Gasteiger partial charge >= 0.3 is 0 Å². The molecule has 90 valence electrons. The molecular weight excluding hydrogens is 212 g/mol. The van der Waals surface area contributed by atoms with Gasteiger partial charge in [0.2, 0.25) is 0 Å². The molecule has 0 aliphatic carbocycles. The maximum atomic E-state index is 9.02. The van der Waals surface area contributed by atoms with E-state index in [0.29, 0.717) is 5.56 Å². The molecule has 0 bridgehead atoms. The topological polar surface area (TPSA) is 43.2 Å². The molecule has 2 rings (SSSR count). The minimum Gasteiger partial charge on any atom is -0.357 e. The second kappa shape index (κ2) is 5.65. The van der Waals surface area contributed by atoms with Crippen LogP contribution in [0.15, 0.2) is 18.3 Å². The molecule has 4 heteroatoms. The standard InChI is InChI=1S/C13H18N4/c1-16(9-10-17-7-2-3-8-17)13-12(11-14)5-4-6-15-13/h4-6H,2-3,7-10H2,1H3. The molecule has 1 saturated heterocycles. The number of rotatable bonds is 4. The summed E-state index contributed by atoms with van der Waals surface area (Å²) in [5, 5.41) is 9.02. The highest BCUT2D eigenvalue weighted by molar-refractivity contribution is 5.52. The summed E-state index contributed by atoms with van der Waals surface area (Å²) in [6, 6.07) is 5.80. The lowest BCUT2D eigenvalue weighted by Gasteiger charge is -2.22. The van der Waals surface area contributed by atoms with Crippen LogP contribution in [-0.4, -0.2) is 43.1 Å². The number of aromatic nitrogens is 1. The predicted molar refractivity (Wildman–Crippen MR) is 67.9 cm³/mol. The zero-order valence-electron chi connectivity index (χ0n) is 10.3. The van der Waals surface area contributed by atoms with E-state index < -0.39 is 0 Å². The van der Waals surface area contributed by atoms with Crippen molar-refractivity contribution < 1.29 is 0 Å². The highest BCUT2D eigenvalue weighted by Crippen LogP contribution is 2.14. The van der Waals surface area contributed by atoms with E-state index in [1.54, 1.807) is 12.3 Å². The van der Waals surface area contributed by atoms with E-state index in [1.165, 1.54) is 25.9 Å². The van der Waals surface area contributed by atoms with Crippen molar-refractivity contribution in [1.82, 2.24) is 9.88 Å². The molecule has 1 fully saturated rings. The molecule has 0 N–H and O–H groups in total. The Morgan fingerprint density at radius 1 is 1.47 bits per heavy atom. The number of hydrogen-bond acceptors (Lipinski definition) is 4. The van der Waals surface area contributed by atoms with Crippen molar-refractivity contribution in [2.45, 2.75) is 12.8 Å². The van der Waals surface area contributed by atoms with Crippen molar-refractivity contribution >= 4 is 5.82 Å². The lowest BCUT2D eigenvalue weighted by atomic mass is 10.2. The first-order chi connectivity index (χ1) is 8.31. The molecular formula is C13H18N4. The Morgan fingerprint density at radius 2 is 2.24 bits per heavy atom. The smallest absolute Gasteiger partial charge is 0.146 e. The third kappa shape index (κ3) is 2.95. The molecule has 0 saturated carbocycles. The molecule has 2 heterocycles. The normalized spacial score (nSPS) is 15.8. The monoisotopic (exact) mass is 230 g/mol. The van der Waals surface area contributed by atoms with Crippen LogP contribution in [0.5, 0.6) is 0 Å². The van der Waals surface area contributed by atoms with Gasteiger partial charge in [-0.3, -0.25) is 0 Å². The van der Waals surface area contributed by atoms with Crippen LogP contribution in [0.4, 0.5) is 5.82 Å². The summed E-state index contributed by atoms with van der Waals surface area (Å²) in [6.07, 6.45) is 4.37. The van der Waals surface area contributed by atoms with Gasteiger partial charge < -0.3 is 9.80 Å². The average Bonchev–Trinajstić information content (AvgIpc) is 2.89. The van der Waals surface area contributed by atoms with Crippen LogP contribution >= 0.6 is 0 Å². The van der Waals surface area contributed by atoms with E-state index in [0.717, 1.165) is 18.9 Å². The van der Waals surface area contributed by atoms with Gasteiger partial charge in [-0.25, -0.2) is 4.98 Å². The highest BCUT2D eigenvalue weighted by atomic mass is 15.2. The second-order valence-corrected chi connectivity index (χ2v) is 4.46. The Bertz CT molecular complexity index is 404. The van der Waals surface area contributed by atoms with Crippen molar-refractivity contribution in [2.24, 2.45) is 0 Å². The summed E-state index contributed by atoms with van der Waals surface area (Å²) in [5.74, 6) is 0.786. The predicted octanol–water partition coefficient (Wildman–Crippen LogP) is 1.49. The lowest BCUT2D eigenvalue weighted by Crippen LogP contribution is -2.32. The first kappa shape index (κ1) is 11.9. The molecule has 0 atom stereocenters. The fourth-order valence-corrected chi connectivity index (χ4v) is 2.19. The van der Waals surface area contributed by atoms with Crippen LogP contribution in [0.2, 0.25) is 0 Å². The molecule has 0 unspecified atom stereocenters. The van der Waals surface area contributed by atoms with Gasteiger partial charge in [-0.15, -0.1) is 0 Å². The average molecular weight is 230 g/mol. The van der Waals surface area contributed by atoms with E-state index in [2.05, 4.69) is 20.9 Å². The number of hydrogen-bond donors (Lipinski definition) is 0. The van der Waals surface area contributed by atoms with Gasteiger partial charge in [-0.05, 0) is 38.1 Å². The molecule has 1 aliphatic rings. The summed E-state index contributed by atoms with van der Waals surface area (Å²) in [6.45, 7) is 4.39. The van der Waals surface area contributed by atoms with Gasteiger partial charge in [0.1, 0.15) is 11.9 Å². The molecule has 0 spiro atoms. The van der Waals surface area contributed by atoms with Gasteiger partial charge in [-0.1, -0.05) is 0 Å². The molecule has 17 heavy (non-hydrogen) atoms. The first-order valence-corrected chi connectivity index (χ1v) is 6.10. The Labute approximate surface area is 102 Å². The third-order valence-corrected chi connectivity index (χ3v) is 3.22. The molecule has 0 radical (unpaired) electrons. The van der Waals surface area contributed by atoms with Gasteiger partial charge in [0.15, 0.2) is 0 Å². The molecule has 1 aliphatic heterocycles. The summed E-state index contributed by atoms with van der Waals surface area (Å²) < 4.78 is 0. The quantitative estimate of drug-likeness (QED) is 0.786. The highest BCUT2D eigenvalue weighted by Gasteiger charge is 2.13. The Morgan fingerprint density at radius 3 is 2.94 bits per heavy atom. The minimum absolute atomic E-state index is 0.649. The molecule has 1 aromatic rings. The largest absolute Gasteiger partial charge is 0.357 e. The fraction of sp³-hybridized carbons (Fsp3) is 0.538. The zero-order chi connectivity index (χ0) is 12.1. The van der Waals surface area contributed by atoms with Crippen LogP contribution < -0.4 is 4.90 Å². The lowest BCUT2D eigenvalue weighted by molar-refractivity contribution is 0.346. The third-order valence-electron chi connectivity index (χ3n) is 3.22. The maximum absolute atomic E-state index is 9.02. The van der Waals surface area contributed by atoms with Crippen molar-refractivity contribution in [1.29, 1.82) is 5.26 Å². The van der Waals surface area contributed by atoms with Crippen molar-refractivity contribution in [2.75, 3.05) is 38.1 Å². The van der Waals surface area contributed by atoms with Crippen LogP contribution in [0, 0.1) is 11.3 Å². The summed E-state index contributed by atoms with van der Waals surface area (Å²) in [7, 11) is 2.00. The molecule has 1 aromatic heterocycles. The van der Waals surface area contributed by atoms with E-state index in [-0.39, 0.29) is 0 Å². The van der Waals surface area contributed by atoms with Crippen molar-refractivity contribution in [3.63, 3.8) is 0 Å². The second-order valence-electron chi connectivity index (χ2n) is 4.46. The number of nitriles is 1. The minimum atomic E-state index is 0.649. The van der Waals surface area contributed by atoms with E-state index in [4.69, 9.17) is 5.26 Å². The van der Waals surface area contributed by atoms with Gasteiger partial charge in [0, 0.05) is 26.3 Å². The SMILES string of the molecule is CN(CCN1CCCC1)c1ncccc1C#N. The Balaban J connectivity index is 1.94. The fourth-order valence-electron chi connectivity index (χ4n) is 2.19. The van der Waals surface area contributed by atoms with Gasteiger partial charge in [0.05, 0.1) is 5.56 Å². The van der Waals surface area contributed by atoms with E-state index >= 15 is 0 Å². The summed E-state index contributed by atoms with van der Waals surface area (Å²) in [4.78, 5) is 8.81. The van der Waals surface area contributed by atoms with Crippen LogP contribution in [0.1, 0.15) is 18.4 Å². The molecule has 0 amide bonds. The Hall–Kier alpha value is -1.60. The summed E-state index contributed by atoms with van der Waals surface area (Å²) >= 11 is 0. The zero-order valence-corrected chi connectivity index (χ0v) is 10.3. The van der Waals surface area contributed by atoms with Gasteiger partial charge in [0.25, 0.3) is 0 Å². The Kier molecular flexibility index (Phi) is 3.94. The number of anilines is 1. The van der Waals surface area contributed by atoms with Crippen LogP contribution in [-0.2, 0) is 0 Å². The van der Waals surface area contributed by atoms with E-state index in [1.807, 2.05) is 13.1 Å². The number of pyridine rings is 1. The number of likely N-dealkylation sites (N-methyl/N-ethyl adjacent to an activating group) is 1. The molecule has 4 nitrogen and oxygen atoms in total. The maximum Gasteiger partial charge on any atom is 0.146 e. The summed E-state index contributed by atoms with van der Waals surface area (Å²) in [5.41, 5.74) is 0.649. The first-order valence-electron chi connectivity index (χ1n) is 6.10. The van der Waals surface area contributed by atoms with Crippen LogP contribution in [0.25, 0.3) is 0 Å². The van der Waals surface area contributed by atoms with Crippen molar-refractivity contribution in [3.8, 4) is 6.07 Å². The van der Waals surface area contributed by atoms with Crippen LogP contribution in [0.3, 0.4) is 0 Å².